The molecule has 5 heteroatoms. The lowest BCUT2D eigenvalue weighted by Crippen LogP contribution is -2.21. The molecule has 0 aliphatic carbocycles. The molecule has 4 nitrogen and oxygen atoms in total. The third-order valence-electron chi connectivity index (χ3n) is 5.81. The van der Waals surface area contributed by atoms with Gasteiger partial charge in [-0.15, -0.1) is 0 Å². The van der Waals surface area contributed by atoms with Crippen LogP contribution in [0.15, 0.2) is 57.7 Å². The van der Waals surface area contributed by atoms with Gasteiger partial charge in [0.05, 0.1) is 12.0 Å². The van der Waals surface area contributed by atoms with E-state index in [1.54, 1.807) is 6.07 Å². The Morgan fingerprint density at radius 2 is 1.53 bits per heavy atom. The van der Waals surface area contributed by atoms with Crippen molar-refractivity contribution >= 4 is 29.3 Å². The fraction of sp³-hybridized carbons (Fsp3) is 0.444. The number of ether oxygens (including phenoxy) is 1. The number of unbranched alkanes of at least 4 members (excludes halogenated alkanes) is 5. The number of hydrogen-bond acceptors (Lipinski definition) is 5. The third-order valence-corrected chi connectivity index (χ3v) is 6.13. The van der Waals surface area contributed by atoms with Crippen LogP contribution in [0.2, 0.25) is 0 Å². The van der Waals surface area contributed by atoms with Crippen LogP contribution in [0.1, 0.15) is 52.4 Å². The maximum atomic E-state index is 13.2. The van der Waals surface area contributed by atoms with Crippen LogP contribution < -0.4 is 15.1 Å². The molecule has 0 saturated carbocycles. The number of rotatable bonds is 13. The average molecular weight is 454 g/mol. The third kappa shape index (κ3) is 6.10. The first-order valence-electron chi connectivity index (χ1n) is 11.8. The molecule has 0 N–H and O–H groups in total. The molecule has 0 aliphatic heterocycles. The van der Waals surface area contributed by atoms with Gasteiger partial charge < -0.3 is 14.1 Å². The molecule has 3 aromatic rings. The lowest BCUT2D eigenvalue weighted by molar-refractivity contribution is 0.297. The summed E-state index contributed by atoms with van der Waals surface area (Å²) in [6.45, 7) is 6.70. The van der Waals surface area contributed by atoms with Gasteiger partial charge in [0.2, 0.25) is 11.2 Å². The molecule has 172 valence electrons. The van der Waals surface area contributed by atoms with Gasteiger partial charge in [0.1, 0.15) is 5.58 Å². The zero-order valence-electron chi connectivity index (χ0n) is 19.3. The predicted molar refractivity (Wildman–Crippen MR) is 139 cm³/mol. The van der Waals surface area contributed by atoms with Gasteiger partial charge >= 0.3 is 0 Å². The summed E-state index contributed by atoms with van der Waals surface area (Å²) in [5.74, 6) is 1.78. The maximum absolute atomic E-state index is 13.2. The highest BCUT2D eigenvalue weighted by molar-refractivity contribution is 7.80. The summed E-state index contributed by atoms with van der Waals surface area (Å²) < 4.78 is 12.2. The SMILES string of the molecule is CCN(CC)c1ccc(-c2oc3ccccc3c(=O)c2OCCCCCCCCS)cc1. The molecule has 0 bridgehead atoms. The first-order valence-corrected chi connectivity index (χ1v) is 12.5. The topological polar surface area (TPSA) is 42.7 Å². The van der Waals surface area contributed by atoms with Gasteiger partial charge in [-0.05, 0) is 68.8 Å². The number of anilines is 1. The van der Waals surface area contributed by atoms with Crippen molar-refractivity contribution in [3.63, 3.8) is 0 Å². The molecule has 1 heterocycles. The van der Waals surface area contributed by atoms with Crippen molar-refractivity contribution in [3.05, 3.63) is 58.8 Å². The summed E-state index contributed by atoms with van der Waals surface area (Å²) >= 11 is 4.26. The quantitative estimate of drug-likeness (QED) is 0.224. The molecule has 0 radical (unpaired) electrons. The van der Waals surface area contributed by atoms with Crippen molar-refractivity contribution in [2.24, 2.45) is 0 Å². The van der Waals surface area contributed by atoms with E-state index < -0.39 is 0 Å². The van der Waals surface area contributed by atoms with E-state index in [-0.39, 0.29) is 5.43 Å². The fourth-order valence-corrected chi connectivity index (χ4v) is 4.18. The molecule has 0 aliphatic rings. The molecule has 0 atom stereocenters. The first-order chi connectivity index (χ1) is 15.7. The number of fused-ring (bicyclic) bond motifs is 1. The van der Waals surface area contributed by atoms with E-state index in [0.29, 0.717) is 29.1 Å². The average Bonchev–Trinajstić information content (AvgIpc) is 2.83. The Bertz CT molecular complexity index is 1030. The number of benzene rings is 2. The molecule has 2 aromatic carbocycles. The second kappa shape index (κ2) is 12.6. The summed E-state index contributed by atoms with van der Waals surface area (Å²) in [5.41, 5.74) is 2.48. The Kier molecular flexibility index (Phi) is 9.54. The van der Waals surface area contributed by atoms with Gasteiger partial charge in [0.25, 0.3) is 0 Å². The molecule has 1 aromatic heterocycles. The van der Waals surface area contributed by atoms with Gasteiger partial charge in [-0.1, -0.05) is 37.8 Å². The standard InChI is InChI=1S/C27H35NO3S/c1-3-28(4-2)22-17-15-21(16-18-22)26-27(30-19-11-7-5-6-8-12-20-32)25(29)23-13-9-10-14-24(23)31-26/h9-10,13-18,32H,3-8,11-12,19-20H2,1-2H3. The molecule has 0 fully saturated rings. The van der Waals surface area contributed by atoms with Crippen LogP contribution in [0.4, 0.5) is 5.69 Å². The number of nitrogens with zero attached hydrogens (tertiary/aromatic N) is 1. The summed E-state index contributed by atoms with van der Waals surface area (Å²) in [5, 5.41) is 0.553. The Morgan fingerprint density at radius 1 is 0.875 bits per heavy atom. The van der Waals surface area contributed by atoms with E-state index in [2.05, 4.69) is 43.5 Å². The van der Waals surface area contributed by atoms with Gasteiger partial charge in [-0.3, -0.25) is 4.79 Å². The minimum atomic E-state index is -0.108. The Balaban J connectivity index is 1.81. The highest BCUT2D eigenvalue weighted by atomic mass is 32.1. The van der Waals surface area contributed by atoms with Crippen molar-refractivity contribution in [1.29, 1.82) is 0 Å². The monoisotopic (exact) mass is 453 g/mol. The van der Waals surface area contributed by atoms with Crippen LogP contribution in [0.5, 0.6) is 5.75 Å². The van der Waals surface area contributed by atoms with Crippen molar-refractivity contribution in [2.75, 3.05) is 30.3 Å². The minimum Gasteiger partial charge on any atom is -0.486 e. The Hall–Kier alpha value is -2.40. The van der Waals surface area contributed by atoms with Crippen LogP contribution >= 0.6 is 12.6 Å². The van der Waals surface area contributed by atoms with E-state index in [0.717, 1.165) is 42.9 Å². The molecule has 32 heavy (non-hydrogen) atoms. The smallest absolute Gasteiger partial charge is 0.235 e. The van der Waals surface area contributed by atoms with E-state index in [4.69, 9.17) is 9.15 Å². The molecule has 0 saturated heterocycles. The Morgan fingerprint density at radius 3 is 2.22 bits per heavy atom. The zero-order valence-corrected chi connectivity index (χ0v) is 20.2. The highest BCUT2D eigenvalue weighted by Crippen LogP contribution is 2.32. The molecule has 0 amide bonds. The number of thiol groups is 1. The van der Waals surface area contributed by atoms with Crippen molar-refractivity contribution in [1.82, 2.24) is 0 Å². The summed E-state index contributed by atoms with van der Waals surface area (Å²) in [7, 11) is 0. The van der Waals surface area contributed by atoms with Crippen molar-refractivity contribution in [2.45, 2.75) is 52.4 Å². The van der Waals surface area contributed by atoms with Gasteiger partial charge in [-0.25, -0.2) is 0 Å². The van der Waals surface area contributed by atoms with Gasteiger partial charge in [0, 0.05) is 24.3 Å². The first kappa shape index (κ1) is 24.2. The van der Waals surface area contributed by atoms with Crippen LogP contribution in [-0.2, 0) is 0 Å². The minimum absolute atomic E-state index is 0.108. The second-order valence-corrected chi connectivity index (χ2v) is 8.45. The van der Waals surface area contributed by atoms with Crippen LogP contribution in [-0.4, -0.2) is 25.4 Å². The number of hydrogen-bond donors (Lipinski definition) is 1. The van der Waals surface area contributed by atoms with Crippen LogP contribution in [0, 0.1) is 0 Å². The van der Waals surface area contributed by atoms with Gasteiger partial charge in [0.15, 0.2) is 5.76 Å². The summed E-state index contributed by atoms with van der Waals surface area (Å²) in [6, 6.07) is 15.5. The molecule has 0 spiro atoms. The fourth-order valence-electron chi connectivity index (χ4n) is 3.95. The Labute approximate surface area is 197 Å². The van der Waals surface area contributed by atoms with Crippen molar-refractivity contribution < 1.29 is 9.15 Å². The van der Waals surface area contributed by atoms with Gasteiger partial charge in [-0.2, -0.15) is 12.6 Å². The van der Waals surface area contributed by atoms with E-state index in [1.165, 1.54) is 25.7 Å². The molecular weight excluding hydrogens is 418 g/mol. The predicted octanol–water partition coefficient (Wildman–Crippen LogP) is 6.96. The van der Waals surface area contributed by atoms with E-state index in [1.807, 2.05) is 30.3 Å². The summed E-state index contributed by atoms with van der Waals surface area (Å²) in [6.07, 6.45) is 6.83. The molecular formula is C27H35NO3S. The van der Waals surface area contributed by atoms with Crippen LogP contribution in [0.3, 0.4) is 0 Å². The largest absolute Gasteiger partial charge is 0.486 e. The molecule has 0 unspecified atom stereocenters. The maximum Gasteiger partial charge on any atom is 0.235 e. The van der Waals surface area contributed by atoms with E-state index >= 15 is 0 Å². The molecule has 3 rings (SSSR count). The summed E-state index contributed by atoms with van der Waals surface area (Å²) in [4.78, 5) is 15.5. The number of para-hydroxylation sites is 1. The lowest BCUT2D eigenvalue weighted by Gasteiger charge is -2.21. The second-order valence-electron chi connectivity index (χ2n) is 8.00. The van der Waals surface area contributed by atoms with E-state index in [9.17, 15) is 4.79 Å². The zero-order chi connectivity index (χ0) is 22.8. The normalized spacial score (nSPS) is 11.1. The highest BCUT2D eigenvalue weighted by Gasteiger charge is 2.18. The lowest BCUT2D eigenvalue weighted by atomic mass is 10.1. The van der Waals surface area contributed by atoms with Crippen LogP contribution in [0.25, 0.3) is 22.3 Å². The van der Waals surface area contributed by atoms with Crippen molar-refractivity contribution in [3.8, 4) is 17.1 Å².